The van der Waals surface area contributed by atoms with E-state index in [0.29, 0.717) is 5.92 Å². The van der Waals surface area contributed by atoms with E-state index in [-0.39, 0.29) is 25.0 Å². The van der Waals surface area contributed by atoms with Crippen LogP contribution in [-0.4, -0.2) is 54.4 Å². The molecule has 0 radical (unpaired) electrons. The number of hydrogen-bond donors (Lipinski definition) is 2. The molecule has 1 saturated heterocycles. The Balaban J connectivity index is 2.42. The van der Waals surface area contributed by atoms with Crippen LogP contribution in [0.4, 0.5) is 4.79 Å². The van der Waals surface area contributed by atoms with Gasteiger partial charge in [0.05, 0.1) is 12.5 Å². The molecular weight excluding hydrogens is 248 g/mol. The molecule has 1 aliphatic rings. The Morgan fingerprint density at radius 2 is 2.11 bits per heavy atom. The molecule has 1 heterocycles. The van der Waals surface area contributed by atoms with Crippen LogP contribution in [0, 0.1) is 5.92 Å². The molecule has 1 aliphatic heterocycles. The summed E-state index contributed by atoms with van der Waals surface area (Å²) >= 11 is 0. The SMILES string of the molecule is COC(CNC(=O)N1CC(C)CCC1C)CC(=O)O. The minimum atomic E-state index is -0.930. The number of carbonyl (C=O) groups excluding carboxylic acids is 1. The topological polar surface area (TPSA) is 78.9 Å². The summed E-state index contributed by atoms with van der Waals surface area (Å²) in [6.07, 6.45) is 1.56. The van der Waals surface area contributed by atoms with Gasteiger partial charge in [-0.15, -0.1) is 0 Å². The standard InChI is InChI=1S/C13H24N2O4/c1-9-4-5-10(2)15(8-9)13(18)14-7-11(19-3)6-12(16)17/h9-11H,4-8H2,1-3H3,(H,14,18)(H,16,17). The average Bonchev–Trinajstić information content (AvgIpc) is 2.36. The first-order valence-corrected chi connectivity index (χ1v) is 6.73. The lowest BCUT2D eigenvalue weighted by Gasteiger charge is -2.36. The highest BCUT2D eigenvalue weighted by Gasteiger charge is 2.27. The number of aliphatic carboxylic acids is 1. The van der Waals surface area contributed by atoms with Gasteiger partial charge in [-0.3, -0.25) is 4.79 Å². The van der Waals surface area contributed by atoms with Gasteiger partial charge in [0.15, 0.2) is 0 Å². The number of methoxy groups -OCH3 is 1. The number of nitrogens with zero attached hydrogens (tertiary/aromatic N) is 1. The molecule has 6 nitrogen and oxygen atoms in total. The van der Waals surface area contributed by atoms with Crippen LogP contribution in [0.2, 0.25) is 0 Å². The maximum absolute atomic E-state index is 12.1. The van der Waals surface area contributed by atoms with Crippen molar-refractivity contribution in [3.05, 3.63) is 0 Å². The largest absolute Gasteiger partial charge is 0.481 e. The smallest absolute Gasteiger partial charge is 0.317 e. The monoisotopic (exact) mass is 272 g/mol. The first-order chi connectivity index (χ1) is 8.93. The van der Waals surface area contributed by atoms with Crippen molar-refractivity contribution in [2.24, 2.45) is 5.92 Å². The third-order valence-electron chi connectivity index (χ3n) is 3.60. The lowest BCUT2D eigenvalue weighted by atomic mass is 9.95. The molecule has 0 spiro atoms. The van der Waals surface area contributed by atoms with Crippen molar-refractivity contribution in [2.45, 2.75) is 45.3 Å². The summed E-state index contributed by atoms with van der Waals surface area (Å²) in [7, 11) is 1.45. The number of likely N-dealkylation sites (tertiary alicyclic amines) is 1. The van der Waals surface area contributed by atoms with Crippen molar-refractivity contribution in [3.63, 3.8) is 0 Å². The molecule has 0 saturated carbocycles. The summed E-state index contributed by atoms with van der Waals surface area (Å²) in [5, 5.41) is 11.5. The first-order valence-electron chi connectivity index (χ1n) is 6.73. The van der Waals surface area contributed by atoms with Crippen molar-refractivity contribution in [2.75, 3.05) is 20.2 Å². The number of carboxylic acids is 1. The van der Waals surface area contributed by atoms with E-state index in [9.17, 15) is 9.59 Å². The van der Waals surface area contributed by atoms with Crippen molar-refractivity contribution in [3.8, 4) is 0 Å². The minimum absolute atomic E-state index is 0.108. The highest BCUT2D eigenvalue weighted by atomic mass is 16.5. The zero-order valence-corrected chi connectivity index (χ0v) is 11.9. The van der Waals surface area contributed by atoms with Crippen LogP contribution in [0.15, 0.2) is 0 Å². The molecule has 110 valence electrons. The van der Waals surface area contributed by atoms with Crippen LogP contribution in [0.5, 0.6) is 0 Å². The molecule has 2 amide bonds. The second kappa shape index (κ2) is 7.33. The summed E-state index contributed by atoms with van der Waals surface area (Å²) < 4.78 is 5.03. The molecule has 3 atom stereocenters. The molecule has 0 bridgehead atoms. The predicted molar refractivity (Wildman–Crippen MR) is 71.0 cm³/mol. The predicted octanol–water partition coefficient (Wildman–Crippen LogP) is 1.31. The van der Waals surface area contributed by atoms with E-state index in [1.54, 1.807) is 0 Å². The second-order valence-corrected chi connectivity index (χ2v) is 5.33. The summed E-state index contributed by atoms with van der Waals surface area (Å²) in [5.74, 6) is -0.416. The van der Waals surface area contributed by atoms with Crippen LogP contribution in [0.25, 0.3) is 0 Å². The lowest BCUT2D eigenvalue weighted by molar-refractivity contribution is -0.139. The van der Waals surface area contributed by atoms with Crippen LogP contribution in [-0.2, 0) is 9.53 Å². The van der Waals surface area contributed by atoms with E-state index in [0.717, 1.165) is 19.4 Å². The number of amides is 2. The number of piperidine rings is 1. The summed E-state index contributed by atoms with van der Waals surface area (Å²) in [4.78, 5) is 24.5. The molecule has 0 aromatic carbocycles. The molecule has 19 heavy (non-hydrogen) atoms. The van der Waals surface area contributed by atoms with Crippen LogP contribution in [0.3, 0.4) is 0 Å². The third-order valence-corrected chi connectivity index (χ3v) is 3.60. The Labute approximate surface area is 114 Å². The van der Waals surface area contributed by atoms with Crippen molar-refractivity contribution >= 4 is 12.0 Å². The van der Waals surface area contributed by atoms with Gasteiger partial charge in [-0.05, 0) is 25.7 Å². The Hall–Kier alpha value is -1.30. The molecule has 0 aromatic rings. The fourth-order valence-corrected chi connectivity index (χ4v) is 2.31. The summed E-state index contributed by atoms with van der Waals surface area (Å²) in [6.45, 7) is 5.15. The Morgan fingerprint density at radius 3 is 2.68 bits per heavy atom. The molecule has 6 heteroatoms. The molecule has 2 N–H and O–H groups in total. The van der Waals surface area contributed by atoms with Crippen molar-refractivity contribution < 1.29 is 19.4 Å². The number of carbonyl (C=O) groups is 2. The van der Waals surface area contributed by atoms with Crippen LogP contribution >= 0.6 is 0 Å². The lowest BCUT2D eigenvalue weighted by Crippen LogP contribution is -2.51. The van der Waals surface area contributed by atoms with Gasteiger partial charge in [0.25, 0.3) is 0 Å². The van der Waals surface area contributed by atoms with Gasteiger partial charge in [-0.1, -0.05) is 6.92 Å². The Bertz CT molecular complexity index is 322. The number of ether oxygens (including phenoxy) is 1. The van der Waals surface area contributed by atoms with E-state index in [1.807, 2.05) is 11.8 Å². The maximum Gasteiger partial charge on any atom is 0.317 e. The van der Waals surface area contributed by atoms with Crippen LogP contribution in [0.1, 0.15) is 33.1 Å². The van der Waals surface area contributed by atoms with E-state index in [1.165, 1.54) is 7.11 Å². The quantitative estimate of drug-likeness (QED) is 0.791. The Kier molecular flexibility index (Phi) is 6.08. The first kappa shape index (κ1) is 15.8. The highest BCUT2D eigenvalue weighted by Crippen LogP contribution is 2.21. The van der Waals surface area contributed by atoms with E-state index >= 15 is 0 Å². The van der Waals surface area contributed by atoms with Gasteiger partial charge in [-0.25, -0.2) is 4.79 Å². The third kappa shape index (κ3) is 5.06. The number of carboxylic acid groups (broad SMARTS) is 1. The molecule has 0 aliphatic carbocycles. The number of urea groups is 1. The molecular formula is C13H24N2O4. The van der Waals surface area contributed by atoms with Crippen LogP contribution < -0.4 is 5.32 Å². The van der Waals surface area contributed by atoms with Gasteiger partial charge in [0, 0.05) is 26.2 Å². The van der Waals surface area contributed by atoms with Gasteiger partial charge in [0.2, 0.25) is 0 Å². The zero-order chi connectivity index (χ0) is 14.4. The molecule has 1 fully saturated rings. The summed E-state index contributed by atoms with van der Waals surface area (Å²) in [5.41, 5.74) is 0. The number of nitrogens with one attached hydrogen (secondary N) is 1. The highest BCUT2D eigenvalue weighted by molar-refractivity contribution is 5.75. The average molecular weight is 272 g/mol. The van der Waals surface area contributed by atoms with E-state index in [4.69, 9.17) is 9.84 Å². The Morgan fingerprint density at radius 1 is 1.42 bits per heavy atom. The summed E-state index contributed by atoms with van der Waals surface area (Å²) in [6, 6.07) is 0.100. The van der Waals surface area contributed by atoms with E-state index < -0.39 is 12.1 Å². The normalized spacial score (nSPS) is 24.9. The van der Waals surface area contributed by atoms with Gasteiger partial charge in [0.1, 0.15) is 0 Å². The van der Waals surface area contributed by atoms with Gasteiger partial charge < -0.3 is 20.1 Å². The van der Waals surface area contributed by atoms with E-state index in [2.05, 4.69) is 12.2 Å². The number of hydrogen-bond acceptors (Lipinski definition) is 3. The molecule has 1 rings (SSSR count). The fourth-order valence-electron chi connectivity index (χ4n) is 2.31. The van der Waals surface area contributed by atoms with Gasteiger partial charge in [-0.2, -0.15) is 0 Å². The maximum atomic E-state index is 12.1. The minimum Gasteiger partial charge on any atom is -0.481 e. The molecule has 0 aromatic heterocycles. The van der Waals surface area contributed by atoms with Crippen molar-refractivity contribution in [1.82, 2.24) is 10.2 Å². The fraction of sp³-hybridized carbons (Fsp3) is 0.846. The van der Waals surface area contributed by atoms with Gasteiger partial charge >= 0.3 is 12.0 Å². The zero-order valence-electron chi connectivity index (χ0n) is 11.9. The molecule has 3 unspecified atom stereocenters. The second-order valence-electron chi connectivity index (χ2n) is 5.33. The number of rotatable bonds is 5. The van der Waals surface area contributed by atoms with Crippen molar-refractivity contribution in [1.29, 1.82) is 0 Å².